The van der Waals surface area contributed by atoms with Gasteiger partial charge in [-0.1, -0.05) is 12.1 Å². The molecule has 0 bridgehead atoms. The van der Waals surface area contributed by atoms with Gasteiger partial charge in [-0.05, 0) is 43.5 Å². The second kappa shape index (κ2) is 6.44. The van der Waals surface area contributed by atoms with Crippen LogP contribution in [0, 0.1) is 11.7 Å². The fourth-order valence-electron chi connectivity index (χ4n) is 3.31. The van der Waals surface area contributed by atoms with Gasteiger partial charge in [0.05, 0.1) is 0 Å². The number of nitrogens with zero attached hydrogens (tertiary/aromatic N) is 2. The van der Waals surface area contributed by atoms with Crippen LogP contribution in [0.3, 0.4) is 0 Å². The summed E-state index contributed by atoms with van der Waals surface area (Å²) in [6.45, 7) is 2.88. The number of amides is 4. The molecule has 3 N–H and O–H groups in total. The molecule has 0 spiro atoms. The van der Waals surface area contributed by atoms with Crippen LogP contribution in [0.15, 0.2) is 24.3 Å². The van der Waals surface area contributed by atoms with Gasteiger partial charge in [0, 0.05) is 13.1 Å². The van der Waals surface area contributed by atoms with Crippen molar-refractivity contribution in [2.75, 3.05) is 26.2 Å². The number of urea groups is 1. The molecule has 2 aliphatic rings. The van der Waals surface area contributed by atoms with Gasteiger partial charge in [0.2, 0.25) is 5.91 Å². The zero-order valence-electron chi connectivity index (χ0n) is 14.0. The molecule has 4 amide bonds. The van der Waals surface area contributed by atoms with Gasteiger partial charge in [0.15, 0.2) is 0 Å². The molecule has 8 heteroatoms. The van der Waals surface area contributed by atoms with E-state index in [1.807, 2.05) is 0 Å². The van der Waals surface area contributed by atoms with Crippen molar-refractivity contribution in [3.8, 4) is 0 Å². The molecule has 2 aliphatic heterocycles. The smallest absolute Gasteiger partial charge is 0.325 e. The summed E-state index contributed by atoms with van der Waals surface area (Å²) in [4.78, 5) is 39.9. The number of likely N-dealkylation sites (tertiary alicyclic amines) is 1. The molecule has 1 aromatic rings. The molecule has 0 saturated carbocycles. The Morgan fingerprint density at radius 2 is 2.04 bits per heavy atom. The van der Waals surface area contributed by atoms with Crippen molar-refractivity contribution >= 4 is 17.8 Å². The minimum Gasteiger partial charge on any atom is -0.341 e. The Bertz CT molecular complexity index is 708. The van der Waals surface area contributed by atoms with Gasteiger partial charge in [-0.3, -0.25) is 14.5 Å². The first-order valence-corrected chi connectivity index (χ1v) is 8.23. The maximum Gasteiger partial charge on any atom is 0.325 e. The molecule has 2 fully saturated rings. The number of benzene rings is 1. The molecule has 1 aromatic carbocycles. The third-order valence-electron chi connectivity index (χ3n) is 4.96. The normalized spacial score (nSPS) is 26.3. The van der Waals surface area contributed by atoms with Crippen molar-refractivity contribution in [3.05, 3.63) is 35.6 Å². The van der Waals surface area contributed by atoms with Gasteiger partial charge in [0.1, 0.15) is 17.9 Å². The summed E-state index contributed by atoms with van der Waals surface area (Å²) in [6, 6.07) is 4.73. The summed E-state index contributed by atoms with van der Waals surface area (Å²) in [7, 11) is 0. The van der Waals surface area contributed by atoms with Gasteiger partial charge < -0.3 is 16.0 Å². The van der Waals surface area contributed by atoms with Gasteiger partial charge in [-0.2, -0.15) is 0 Å². The van der Waals surface area contributed by atoms with E-state index in [4.69, 9.17) is 5.73 Å². The van der Waals surface area contributed by atoms with Crippen LogP contribution >= 0.6 is 0 Å². The predicted octanol–water partition coefficient (Wildman–Crippen LogP) is 0.400. The summed E-state index contributed by atoms with van der Waals surface area (Å²) < 4.78 is 13.1. The van der Waals surface area contributed by atoms with Gasteiger partial charge in [-0.25, -0.2) is 9.18 Å². The third kappa shape index (κ3) is 3.09. The number of nitrogens with one attached hydrogen (secondary N) is 1. The van der Waals surface area contributed by atoms with Gasteiger partial charge in [-0.15, -0.1) is 0 Å². The summed E-state index contributed by atoms with van der Waals surface area (Å²) in [5.74, 6) is -0.967. The number of rotatable bonds is 4. The number of imide groups is 1. The minimum atomic E-state index is -1.31. The second-order valence-corrected chi connectivity index (χ2v) is 6.68. The fraction of sp³-hybridized carbons (Fsp3) is 0.471. The van der Waals surface area contributed by atoms with Crippen LogP contribution in [-0.2, 0) is 15.1 Å². The first-order valence-electron chi connectivity index (χ1n) is 8.23. The predicted molar refractivity (Wildman–Crippen MR) is 87.7 cm³/mol. The van der Waals surface area contributed by atoms with Crippen molar-refractivity contribution in [2.24, 2.45) is 11.7 Å². The fourth-order valence-corrected chi connectivity index (χ4v) is 3.31. The molecule has 134 valence electrons. The number of nitrogens with two attached hydrogens (primary N) is 1. The molecular formula is C17H21FN4O3. The summed E-state index contributed by atoms with van der Waals surface area (Å²) in [6.07, 6.45) is 0.829. The minimum absolute atomic E-state index is 0.261. The van der Waals surface area contributed by atoms with Gasteiger partial charge >= 0.3 is 6.03 Å². The molecule has 2 saturated heterocycles. The van der Waals surface area contributed by atoms with E-state index >= 15 is 0 Å². The van der Waals surface area contributed by atoms with E-state index in [1.165, 1.54) is 24.3 Å². The van der Waals surface area contributed by atoms with E-state index in [2.05, 4.69) is 5.32 Å². The van der Waals surface area contributed by atoms with Crippen molar-refractivity contribution in [2.45, 2.75) is 18.9 Å². The first-order chi connectivity index (χ1) is 11.8. The molecule has 0 radical (unpaired) electrons. The van der Waals surface area contributed by atoms with E-state index < -0.39 is 23.3 Å². The summed E-state index contributed by atoms with van der Waals surface area (Å²) in [5, 5.41) is 2.61. The second-order valence-electron chi connectivity index (χ2n) is 6.68. The Hall–Kier alpha value is -2.48. The van der Waals surface area contributed by atoms with Crippen molar-refractivity contribution < 1.29 is 18.8 Å². The molecule has 3 rings (SSSR count). The highest BCUT2D eigenvalue weighted by atomic mass is 19.1. The number of carbonyl (C=O) groups excluding carboxylic acids is 3. The molecule has 0 aromatic heterocycles. The monoisotopic (exact) mass is 348 g/mol. The Balaban J connectivity index is 1.73. The molecule has 2 heterocycles. The van der Waals surface area contributed by atoms with Crippen LogP contribution in [0.2, 0.25) is 0 Å². The maximum absolute atomic E-state index is 13.1. The Morgan fingerprint density at radius 1 is 1.36 bits per heavy atom. The van der Waals surface area contributed by atoms with Crippen LogP contribution in [0.1, 0.15) is 18.9 Å². The SMILES string of the molecule is CC1(c2ccc(F)cc2)NC(=O)N(CC(=O)N2CCC(CN)C2)C1=O. The highest BCUT2D eigenvalue weighted by molar-refractivity contribution is 6.09. The summed E-state index contributed by atoms with van der Waals surface area (Å²) in [5.41, 5.74) is 4.78. The molecular weight excluding hydrogens is 327 g/mol. The number of carbonyl (C=O) groups is 3. The largest absolute Gasteiger partial charge is 0.341 e. The quantitative estimate of drug-likeness (QED) is 0.770. The number of hydrogen-bond acceptors (Lipinski definition) is 4. The third-order valence-corrected chi connectivity index (χ3v) is 4.96. The average molecular weight is 348 g/mol. The van der Waals surface area contributed by atoms with E-state index in [0.29, 0.717) is 25.2 Å². The average Bonchev–Trinajstić information content (AvgIpc) is 3.15. The molecule has 2 unspecified atom stereocenters. The molecule has 7 nitrogen and oxygen atoms in total. The van der Waals surface area contributed by atoms with Crippen LogP contribution < -0.4 is 11.1 Å². The number of hydrogen-bond donors (Lipinski definition) is 2. The summed E-state index contributed by atoms with van der Waals surface area (Å²) >= 11 is 0. The lowest BCUT2D eigenvalue weighted by molar-refractivity contribution is -0.138. The maximum atomic E-state index is 13.1. The van der Waals surface area contributed by atoms with E-state index in [-0.39, 0.29) is 18.4 Å². The van der Waals surface area contributed by atoms with Crippen molar-refractivity contribution in [1.82, 2.24) is 15.1 Å². The zero-order chi connectivity index (χ0) is 18.2. The lowest BCUT2D eigenvalue weighted by Crippen LogP contribution is -2.44. The number of halogens is 1. The van der Waals surface area contributed by atoms with Crippen LogP contribution in [0.4, 0.5) is 9.18 Å². The van der Waals surface area contributed by atoms with E-state index in [0.717, 1.165) is 11.3 Å². The van der Waals surface area contributed by atoms with Gasteiger partial charge in [0.25, 0.3) is 5.91 Å². The van der Waals surface area contributed by atoms with Crippen LogP contribution in [0.25, 0.3) is 0 Å². The Morgan fingerprint density at radius 3 is 2.64 bits per heavy atom. The highest BCUT2D eigenvalue weighted by Gasteiger charge is 2.49. The highest BCUT2D eigenvalue weighted by Crippen LogP contribution is 2.29. The first kappa shape index (κ1) is 17.3. The lowest BCUT2D eigenvalue weighted by atomic mass is 9.92. The zero-order valence-corrected chi connectivity index (χ0v) is 14.0. The van der Waals surface area contributed by atoms with Crippen LogP contribution in [0.5, 0.6) is 0 Å². The molecule has 0 aliphatic carbocycles. The topological polar surface area (TPSA) is 95.7 Å². The molecule has 2 atom stereocenters. The van der Waals surface area contributed by atoms with Crippen molar-refractivity contribution in [1.29, 1.82) is 0 Å². The van der Waals surface area contributed by atoms with E-state index in [1.54, 1.807) is 11.8 Å². The Labute approximate surface area is 144 Å². The standard InChI is InChI=1S/C17H21FN4O3/c1-17(12-2-4-13(18)5-3-12)15(24)22(16(25)20-17)10-14(23)21-7-6-11(8-19)9-21/h2-5,11H,6-10,19H2,1H3,(H,20,25). The lowest BCUT2D eigenvalue weighted by Gasteiger charge is -2.23. The van der Waals surface area contributed by atoms with E-state index in [9.17, 15) is 18.8 Å². The Kier molecular flexibility index (Phi) is 4.47. The van der Waals surface area contributed by atoms with Crippen LogP contribution in [-0.4, -0.2) is 53.8 Å². The van der Waals surface area contributed by atoms with Crippen molar-refractivity contribution in [3.63, 3.8) is 0 Å². The molecule has 25 heavy (non-hydrogen) atoms.